The second-order valence-electron chi connectivity index (χ2n) is 8.05. The molecule has 26 heavy (non-hydrogen) atoms. The first-order chi connectivity index (χ1) is 12.3. The maximum absolute atomic E-state index is 12.7. The molecular weight excluding hydrogens is 330 g/mol. The standard InChI is InChI=1S/C20H25N3O3/c1-20(2,3)26-19(25)22-9-7-14(8-10-22)12-23-13-16-6-4-5-15(11-21)17(16)18(23)24/h4-6,14H,7-10,12-13H2,1-3H3. The monoisotopic (exact) mass is 355 g/mol. The molecule has 2 heterocycles. The fraction of sp³-hybridized carbons (Fsp3) is 0.550. The summed E-state index contributed by atoms with van der Waals surface area (Å²) < 4.78 is 5.42. The van der Waals surface area contributed by atoms with Gasteiger partial charge in [0.2, 0.25) is 0 Å². The van der Waals surface area contributed by atoms with Gasteiger partial charge >= 0.3 is 6.09 Å². The molecular formula is C20H25N3O3. The van der Waals surface area contributed by atoms with Gasteiger partial charge in [-0.2, -0.15) is 5.26 Å². The number of likely N-dealkylation sites (tertiary alicyclic amines) is 1. The van der Waals surface area contributed by atoms with Crippen molar-refractivity contribution in [1.29, 1.82) is 5.26 Å². The van der Waals surface area contributed by atoms with Gasteiger partial charge in [-0.05, 0) is 51.2 Å². The van der Waals surface area contributed by atoms with Gasteiger partial charge in [-0.25, -0.2) is 4.79 Å². The molecule has 1 aromatic rings. The average molecular weight is 355 g/mol. The highest BCUT2D eigenvalue weighted by molar-refractivity contribution is 6.00. The summed E-state index contributed by atoms with van der Waals surface area (Å²) in [5.74, 6) is 0.309. The minimum atomic E-state index is -0.486. The number of carbonyl (C=O) groups is 2. The van der Waals surface area contributed by atoms with E-state index in [0.717, 1.165) is 18.4 Å². The van der Waals surface area contributed by atoms with Gasteiger partial charge in [-0.3, -0.25) is 4.79 Å². The molecule has 0 atom stereocenters. The molecule has 0 spiro atoms. The van der Waals surface area contributed by atoms with Crippen LogP contribution in [0.5, 0.6) is 0 Å². The zero-order valence-electron chi connectivity index (χ0n) is 15.6. The number of nitriles is 1. The zero-order chi connectivity index (χ0) is 18.9. The highest BCUT2D eigenvalue weighted by atomic mass is 16.6. The van der Waals surface area contributed by atoms with Crippen molar-refractivity contribution < 1.29 is 14.3 Å². The Labute approximate surface area is 154 Å². The van der Waals surface area contributed by atoms with Crippen LogP contribution < -0.4 is 0 Å². The highest BCUT2D eigenvalue weighted by Crippen LogP contribution is 2.28. The van der Waals surface area contributed by atoms with Crippen LogP contribution in [0, 0.1) is 17.2 Å². The van der Waals surface area contributed by atoms with Crippen LogP contribution in [-0.4, -0.2) is 47.0 Å². The fourth-order valence-electron chi connectivity index (χ4n) is 3.60. The van der Waals surface area contributed by atoms with Crippen molar-refractivity contribution in [1.82, 2.24) is 9.80 Å². The van der Waals surface area contributed by atoms with E-state index >= 15 is 0 Å². The Morgan fingerprint density at radius 2 is 2.00 bits per heavy atom. The molecule has 2 amide bonds. The Morgan fingerprint density at radius 1 is 1.31 bits per heavy atom. The molecule has 0 bridgehead atoms. The largest absolute Gasteiger partial charge is 0.444 e. The van der Waals surface area contributed by atoms with Crippen LogP contribution in [0.4, 0.5) is 4.79 Å². The summed E-state index contributed by atoms with van der Waals surface area (Å²) in [6.07, 6.45) is 1.44. The third-order valence-corrected chi connectivity index (χ3v) is 4.88. The third-order valence-electron chi connectivity index (χ3n) is 4.88. The van der Waals surface area contributed by atoms with E-state index in [-0.39, 0.29) is 12.0 Å². The van der Waals surface area contributed by atoms with Crippen molar-refractivity contribution in [2.24, 2.45) is 5.92 Å². The molecule has 0 aliphatic carbocycles. The van der Waals surface area contributed by atoms with Crippen molar-refractivity contribution >= 4 is 12.0 Å². The lowest BCUT2D eigenvalue weighted by Crippen LogP contribution is -2.43. The number of rotatable bonds is 2. The molecule has 0 N–H and O–H groups in total. The van der Waals surface area contributed by atoms with Crippen molar-refractivity contribution in [2.75, 3.05) is 19.6 Å². The topological polar surface area (TPSA) is 73.6 Å². The first-order valence-corrected chi connectivity index (χ1v) is 9.07. The van der Waals surface area contributed by atoms with Crippen molar-refractivity contribution in [3.05, 3.63) is 34.9 Å². The minimum Gasteiger partial charge on any atom is -0.444 e. The molecule has 0 saturated carbocycles. The van der Waals surface area contributed by atoms with E-state index in [2.05, 4.69) is 6.07 Å². The molecule has 2 aliphatic heterocycles. The minimum absolute atomic E-state index is 0.0493. The number of hydrogen-bond donors (Lipinski definition) is 0. The lowest BCUT2D eigenvalue weighted by Gasteiger charge is -2.34. The molecule has 1 fully saturated rings. The number of hydrogen-bond acceptors (Lipinski definition) is 4. The van der Waals surface area contributed by atoms with E-state index in [1.165, 1.54) is 0 Å². The number of carbonyl (C=O) groups excluding carboxylic acids is 2. The van der Waals surface area contributed by atoms with Crippen LogP contribution in [0.2, 0.25) is 0 Å². The van der Waals surface area contributed by atoms with Gasteiger partial charge < -0.3 is 14.5 Å². The molecule has 6 heteroatoms. The number of benzene rings is 1. The Kier molecular flexibility index (Phi) is 4.90. The second kappa shape index (κ2) is 6.99. The molecule has 2 aliphatic rings. The highest BCUT2D eigenvalue weighted by Gasteiger charge is 2.33. The molecule has 1 saturated heterocycles. The normalized spacial score (nSPS) is 17.8. The lowest BCUT2D eigenvalue weighted by molar-refractivity contribution is 0.0167. The van der Waals surface area contributed by atoms with Gasteiger partial charge in [0.15, 0.2) is 0 Å². The number of nitrogens with zero attached hydrogens (tertiary/aromatic N) is 3. The molecule has 0 aromatic heterocycles. The Morgan fingerprint density at radius 3 is 2.62 bits per heavy atom. The number of amides is 2. The van der Waals surface area contributed by atoms with Gasteiger partial charge in [-0.1, -0.05) is 12.1 Å². The van der Waals surface area contributed by atoms with Crippen LogP contribution in [0.1, 0.15) is 55.1 Å². The Hall–Kier alpha value is -2.55. The molecule has 0 radical (unpaired) electrons. The fourth-order valence-corrected chi connectivity index (χ4v) is 3.60. The van der Waals surface area contributed by atoms with E-state index < -0.39 is 5.60 Å². The van der Waals surface area contributed by atoms with Crippen LogP contribution in [0.25, 0.3) is 0 Å². The van der Waals surface area contributed by atoms with Crippen molar-refractivity contribution in [2.45, 2.75) is 45.8 Å². The van der Waals surface area contributed by atoms with E-state index in [1.54, 1.807) is 11.0 Å². The maximum Gasteiger partial charge on any atom is 0.410 e. The smallest absolute Gasteiger partial charge is 0.410 e. The summed E-state index contributed by atoms with van der Waals surface area (Å²) in [7, 11) is 0. The molecule has 1 aromatic carbocycles. The number of piperidine rings is 1. The van der Waals surface area contributed by atoms with E-state index in [1.807, 2.05) is 37.8 Å². The van der Waals surface area contributed by atoms with Crippen LogP contribution in [0.15, 0.2) is 18.2 Å². The van der Waals surface area contributed by atoms with Crippen LogP contribution in [0.3, 0.4) is 0 Å². The van der Waals surface area contributed by atoms with Crippen LogP contribution in [-0.2, 0) is 11.3 Å². The predicted molar refractivity (Wildman–Crippen MR) is 96.4 cm³/mol. The SMILES string of the molecule is CC(C)(C)OC(=O)N1CCC(CN2Cc3cccc(C#N)c3C2=O)CC1. The first kappa shape index (κ1) is 18.2. The van der Waals surface area contributed by atoms with Gasteiger partial charge in [0.05, 0.1) is 17.2 Å². The quantitative estimate of drug-likeness (QED) is 0.817. The summed E-state index contributed by atoms with van der Waals surface area (Å²) in [6, 6.07) is 7.55. The summed E-state index contributed by atoms with van der Waals surface area (Å²) in [4.78, 5) is 28.4. The average Bonchev–Trinajstić information content (AvgIpc) is 2.90. The first-order valence-electron chi connectivity index (χ1n) is 9.07. The molecule has 6 nitrogen and oxygen atoms in total. The zero-order valence-corrected chi connectivity index (χ0v) is 15.6. The lowest BCUT2D eigenvalue weighted by atomic mass is 9.96. The van der Waals surface area contributed by atoms with E-state index in [9.17, 15) is 14.9 Å². The third kappa shape index (κ3) is 3.82. The summed E-state index contributed by atoms with van der Waals surface area (Å²) in [5.41, 5.74) is 1.45. The van der Waals surface area contributed by atoms with Crippen molar-refractivity contribution in [3.8, 4) is 6.07 Å². The predicted octanol–water partition coefficient (Wildman–Crippen LogP) is 3.16. The summed E-state index contributed by atoms with van der Waals surface area (Å²) >= 11 is 0. The molecule has 3 rings (SSSR count). The Balaban J connectivity index is 1.56. The molecule has 0 unspecified atom stereocenters. The summed E-state index contributed by atoms with van der Waals surface area (Å²) in [5, 5.41) is 9.22. The van der Waals surface area contributed by atoms with Crippen molar-refractivity contribution in [3.63, 3.8) is 0 Å². The number of fused-ring (bicyclic) bond motifs is 1. The van der Waals surface area contributed by atoms with E-state index in [4.69, 9.17) is 4.74 Å². The Bertz CT molecular complexity index is 753. The van der Waals surface area contributed by atoms with Gasteiger partial charge in [0.1, 0.15) is 5.60 Å². The van der Waals surface area contributed by atoms with Gasteiger partial charge in [0.25, 0.3) is 5.91 Å². The van der Waals surface area contributed by atoms with E-state index in [0.29, 0.717) is 43.2 Å². The molecule has 138 valence electrons. The number of ether oxygens (including phenoxy) is 1. The maximum atomic E-state index is 12.7. The van der Waals surface area contributed by atoms with Gasteiger partial charge in [-0.15, -0.1) is 0 Å². The van der Waals surface area contributed by atoms with Crippen LogP contribution >= 0.6 is 0 Å². The second-order valence-corrected chi connectivity index (χ2v) is 8.05. The summed E-state index contributed by atoms with van der Waals surface area (Å²) in [6.45, 7) is 8.13. The van der Waals surface area contributed by atoms with Gasteiger partial charge in [0, 0.05) is 26.2 Å².